The Morgan fingerprint density at radius 3 is 1.98 bits per heavy atom. The predicted molar refractivity (Wildman–Crippen MR) is 184 cm³/mol. The molecule has 0 spiro atoms. The van der Waals surface area contributed by atoms with E-state index in [9.17, 15) is 14.4 Å². The zero-order chi connectivity index (χ0) is 31.7. The van der Waals surface area contributed by atoms with Crippen LogP contribution in [-0.4, -0.2) is 47.8 Å². The van der Waals surface area contributed by atoms with Crippen molar-refractivity contribution in [3.63, 3.8) is 0 Å². The lowest BCUT2D eigenvalue weighted by Gasteiger charge is -2.25. The fourth-order valence-electron chi connectivity index (χ4n) is 6.22. The summed E-state index contributed by atoms with van der Waals surface area (Å²) in [5.74, 6) is -0.227. The first-order valence-corrected chi connectivity index (χ1v) is 16.2. The number of likely N-dealkylation sites (tertiary alicyclic amines) is 1. The minimum atomic E-state index is -0.503. The summed E-state index contributed by atoms with van der Waals surface area (Å²) in [5, 5.41) is 9.22. The van der Waals surface area contributed by atoms with Crippen LogP contribution in [-0.2, 0) is 22.4 Å². The summed E-state index contributed by atoms with van der Waals surface area (Å²) in [6, 6.07) is 32.9. The maximum absolute atomic E-state index is 13.7. The molecule has 6 rings (SSSR count). The van der Waals surface area contributed by atoms with Gasteiger partial charge in [0.1, 0.15) is 6.04 Å². The molecule has 0 unspecified atom stereocenters. The molecule has 2 atom stereocenters. The van der Waals surface area contributed by atoms with Crippen molar-refractivity contribution in [3.8, 4) is 0 Å². The second kappa shape index (κ2) is 14.8. The van der Waals surface area contributed by atoms with Crippen LogP contribution >= 0.6 is 0 Å². The van der Waals surface area contributed by atoms with Gasteiger partial charge in [0.15, 0.2) is 0 Å². The van der Waals surface area contributed by atoms with Gasteiger partial charge in [-0.2, -0.15) is 0 Å². The summed E-state index contributed by atoms with van der Waals surface area (Å²) < 4.78 is 0. The quantitative estimate of drug-likeness (QED) is 0.177. The van der Waals surface area contributed by atoms with Crippen molar-refractivity contribution in [1.29, 1.82) is 0 Å². The van der Waals surface area contributed by atoms with E-state index < -0.39 is 6.04 Å². The smallest absolute Gasteiger partial charge is 0.254 e. The molecule has 2 aliphatic heterocycles. The SMILES string of the molecule is O=C(Nc1ccc(/C=C/c2ccc(NC(=O)[C@@H]3CCCN3C(=O)c3ccccc3CCc3ccccc3)cc2)cc1)[C@@H]1CCCN1. The van der Waals surface area contributed by atoms with E-state index in [2.05, 4.69) is 28.1 Å². The number of anilines is 2. The van der Waals surface area contributed by atoms with Crippen molar-refractivity contribution >= 4 is 41.2 Å². The third-order valence-corrected chi connectivity index (χ3v) is 8.79. The summed E-state index contributed by atoms with van der Waals surface area (Å²) in [7, 11) is 0. The molecule has 7 nitrogen and oxygen atoms in total. The van der Waals surface area contributed by atoms with Gasteiger partial charge in [0.05, 0.1) is 6.04 Å². The molecule has 46 heavy (non-hydrogen) atoms. The van der Waals surface area contributed by atoms with E-state index in [-0.39, 0.29) is 23.8 Å². The van der Waals surface area contributed by atoms with E-state index in [1.165, 1.54) is 5.56 Å². The molecule has 4 aromatic carbocycles. The number of benzene rings is 4. The lowest BCUT2D eigenvalue weighted by molar-refractivity contribution is -0.120. The maximum atomic E-state index is 13.7. The number of nitrogens with one attached hydrogen (secondary N) is 3. The van der Waals surface area contributed by atoms with Crippen LogP contribution in [0.4, 0.5) is 11.4 Å². The van der Waals surface area contributed by atoms with Crippen LogP contribution in [0.1, 0.15) is 58.3 Å². The molecular weight excluding hydrogens is 572 g/mol. The maximum Gasteiger partial charge on any atom is 0.254 e. The third-order valence-electron chi connectivity index (χ3n) is 8.79. The number of hydrogen-bond donors (Lipinski definition) is 3. The molecule has 0 radical (unpaired) electrons. The highest BCUT2D eigenvalue weighted by Gasteiger charge is 2.35. The Kier molecular flexibility index (Phi) is 10.0. The van der Waals surface area contributed by atoms with Gasteiger partial charge in [0.25, 0.3) is 5.91 Å². The van der Waals surface area contributed by atoms with Gasteiger partial charge in [-0.1, -0.05) is 84.9 Å². The van der Waals surface area contributed by atoms with Gasteiger partial charge in [-0.25, -0.2) is 0 Å². The number of amides is 3. The Balaban J connectivity index is 1.03. The van der Waals surface area contributed by atoms with Gasteiger partial charge in [0, 0.05) is 23.5 Å². The van der Waals surface area contributed by atoms with Gasteiger partial charge in [-0.15, -0.1) is 0 Å². The molecule has 0 saturated carbocycles. The van der Waals surface area contributed by atoms with E-state index in [0.717, 1.165) is 61.0 Å². The highest BCUT2D eigenvalue weighted by atomic mass is 16.2. The van der Waals surface area contributed by atoms with Crippen LogP contribution in [0.3, 0.4) is 0 Å². The average Bonchev–Trinajstić information content (AvgIpc) is 3.82. The second-order valence-electron chi connectivity index (χ2n) is 12.0. The molecular formula is C39H40N4O3. The van der Waals surface area contributed by atoms with Gasteiger partial charge in [-0.3, -0.25) is 14.4 Å². The Morgan fingerprint density at radius 1 is 0.696 bits per heavy atom. The zero-order valence-electron chi connectivity index (χ0n) is 26.0. The molecule has 2 aliphatic rings. The molecule has 2 heterocycles. The lowest BCUT2D eigenvalue weighted by Crippen LogP contribution is -2.43. The second-order valence-corrected chi connectivity index (χ2v) is 12.0. The first kappa shape index (κ1) is 31.0. The van der Waals surface area contributed by atoms with Crippen LogP contribution in [0.5, 0.6) is 0 Å². The fourth-order valence-corrected chi connectivity index (χ4v) is 6.22. The summed E-state index contributed by atoms with van der Waals surface area (Å²) in [6.07, 6.45) is 8.98. The van der Waals surface area contributed by atoms with E-state index in [1.807, 2.05) is 103 Å². The highest BCUT2D eigenvalue weighted by Crippen LogP contribution is 2.24. The Bertz CT molecular complexity index is 1680. The first-order valence-electron chi connectivity index (χ1n) is 16.2. The van der Waals surface area contributed by atoms with Crippen molar-refractivity contribution in [3.05, 3.63) is 131 Å². The number of hydrogen-bond acceptors (Lipinski definition) is 4. The van der Waals surface area contributed by atoms with Gasteiger partial charge in [0.2, 0.25) is 11.8 Å². The summed E-state index contributed by atoms with van der Waals surface area (Å²) in [6.45, 7) is 1.46. The van der Waals surface area contributed by atoms with Crippen molar-refractivity contribution in [1.82, 2.24) is 10.2 Å². The van der Waals surface area contributed by atoms with Gasteiger partial charge in [-0.05, 0) is 97.7 Å². The molecule has 0 aromatic heterocycles. The third kappa shape index (κ3) is 7.79. The van der Waals surface area contributed by atoms with Crippen LogP contribution < -0.4 is 16.0 Å². The summed E-state index contributed by atoms with van der Waals surface area (Å²) >= 11 is 0. The average molecular weight is 613 g/mol. The number of rotatable bonds is 10. The molecule has 7 heteroatoms. The predicted octanol–water partition coefficient (Wildman–Crippen LogP) is 6.58. The molecule has 0 aliphatic carbocycles. The number of carbonyl (C=O) groups excluding carboxylic acids is 3. The fraction of sp³-hybridized carbons (Fsp3) is 0.256. The minimum Gasteiger partial charge on any atom is -0.327 e. The van der Waals surface area contributed by atoms with E-state index in [0.29, 0.717) is 24.2 Å². The van der Waals surface area contributed by atoms with Crippen molar-refractivity contribution in [2.75, 3.05) is 23.7 Å². The van der Waals surface area contributed by atoms with E-state index >= 15 is 0 Å². The van der Waals surface area contributed by atoms with Crippen LogP contribution in [0.2, 0.25) is 0 Å². The molecule has 2 saturated heterocycles. The largest absolute Gasteiger partial charge is 0.327 e. The van der Waals surface area contributed by atoms with E-state index in [4.69, 9.17) is 0 Å². The van der Waals surface area contributed by atoms with Crippen molar-refractivity contribution in [2.24, 2.45) is 0 Å². The monoisotopic (exact) mass is 612 g/mol. The van der Waals surface area contributed by atoms with Gasteiger partial charge < -0.3 is 20.9 Å². The normalized spacial score (nSPS) is 17.7. The van der Waals surface area contributed by atoms with Gasteiger partial charge >= 0.3 is 0 Å². The highest BCUT2D eigenvalue weighted by molar-refractivity contribution is 6.02. The Morgan fingerprint density at radius 2 is 1.33 bits per heavy atom. The molecule has 4 aromatic rings. The minimum absolute atomic E-state index is 0.0140. The van der Waals surface area contributed by atoms with Crippen molar-refractivity contribution in [2.45, 2.75) is 50.6 Å². The van der Waals surface area contributed by atoms with Crippen LogP contribution in [0.15, 0.2) is 103 Å². The molecule has 3 N–H and O–H groups in total. The zero-order valence-corrected chi connectivity index (χ0v) is 26.0. The molecule has 0 bridgehead atoms. The van der Waals surface area contributed by atoms with Crippen LogP contribution in [0, 0.1) is 0 Å². The topological polar surface area (TPSA) is 90.5 Å². The first-order chi connectivity index (χ1) is 22.5. The Labute approximate surface area is 270 Å². The number of aryl methyl sites for hydroxylation is 2. The molecule has 3 amide bonds. The van der Waals surface area contributed by atoms with Crippen molar-refractivity contribution < 1.29 is 14.4 Å². The standard InChI is InChI=1S/C39H40N4O3/c44-37(35-12-6-26-40-35)41-32-22-17-29(18-23-32)14-15-30-19-24-33(25-20-30)42-38(45)36-13-7-27-43(36)39(46)34-11-5-4-10-31(34)21-16-28-8-2-1-3-9-28/h1-5,8-11,14-15,17-20,22-25,35-36,40H,6-7,12-13,16,21,26-27H2,(H,41,44)(H,42,45)/b15-14+/t35-,36-/m0/s1. The lowest BCUT2D eigenvalue weighted by atomic mass is 9.99. The molecule has 2 fully saturated rings. The van der Waals surface area contributed by atoms with E-state index in [1.54, 1.807) is 4.90 Å². The Hall–Kier alpha value is -5.01. The molecule has 234 valence electrons. The summed E-state index contributed by atoms with van der Waals surface area (Å²) in [4.78, 5) is 41.2. The number of nitrogens with zero attached hydrogens (tertiary/aromatic N) is 1. The number of carbonyl (C=O) groups is 3. The van der Waals surface area contributed by atoms with Crippen LogP contribution in [0.25, 0.3) is 12.2 Å². The summed E-state index contributed by atoms with van der Waals surface area (Å²) in [5.41, 5.74) is 6.40.